The number of rotatable bonds is 5. The molecule has 5 rings (SSSR count). The second-order valence-electron chi connectivity index (χ2n) is 8.55. The molecular formula is C25H30N2O4. The number of fused-ring (bicyclic) bond motifs is 5. The lowest BCUT2D eigenvalue weighted by Crippen LogP contribution is -2.52. The van der Waals surface area contributed by atoms with Crippen LogP contribution < -0.4 is 4.74 Å². The van der Waals surface area contributed by atoms with E-state index in [1.807, 2.05) is 30.2 Å². The van der Waals surface area contributed by atoms with E-state index in [0.29, 0.717) is 13.2 Å². The van der Waals surface area contributed by atoms with Crippen molar-refractivity contribution in [3.63, 3.8) is 0 Å². The molecule has 0 N–H and O–H groups in total. The number of methoxy groups -OCH3 is 1. The largest absolute Gasteiger partial charge is 0.497 e. The van der Waals surface area contributed by atoms with E-state index in [2.05, 4.69) is 19.9 Å². The number of allylic oxidation sites excluding steroid dienone is 1. The number of pyridine rings is 1. The van der Waals surface area contributed by atoms with Gasteiger partial charge in [-0.15, -0.1) is 0 Å². The third kappa shape index (κ3) is 3.03. The van der Waals surface area contributed by atoms with Crippen molar-refractivity contribution in [2.45, 2.75) is 58.9 Å². The van der Waals surface area contributed by atoms with Crippen molar-refractivity contribution in [2.24, 2.45) is 11.8 Å². The van der Waals surface area contributed by atoms with Gasteiger partial charge in [-0.25, -0.2) is 0 Å². The highest BCUT2D eigenvalue weighted by atomic mass is 16.7. The number of carbonyl (C=O) groups excluding carboxylic acids is 1. The molecule has 3 aliphatic heterocycles. The lowest BCUT2D eigenvalue weighted by Gasteiger charge is -2.45. The summed E-state index contributed by atoms with van der Waals surface area (Å²) >= 11 is 0. The van der Waals surface area contributed by atoms with Crippen molar-refractivity contribution in [3.05, 3.63) is 46.9 Å². The Hall–Kier alpha value is -2.60. The van der Waals surface area contributed by atoms with Crippen molar-refractivity contribution < 1.29 is 19.0 Å². The van der Waals surface area contributed by atoms with Crippen LogP contribution in [0.25, 0.3) is 10.9 Å². The predicted octanol–water partition coefficient (Wildman–Crippen LogP) is 4.51. The van der Waals surface area contributed by atoms with E-state index in [9.17, 15) is 4.79 Å². The number of amides is 1. The normalized spacial score (nSPS) is 26.8. The minimum Gasteiger partial charge on any atom is -0.497 e. The topological polar surface area (TPSA) is 60.9 Å². The molecule has 0 aliphatic carbocycles. The van der Waals surface area contributed by atoms with Gasteiger partial charge in [0.25, 0.3) is 0 Å². The van der Waals surface area contributed by atoms with Crippen molar-refractivity contribution in [2.75, 3.05) is 13.7 Å². The molecule has 4 heterocycles. The molecule has 31 heavy (non-hydrogen) atoms. The number of carbonyl (C=O) groups is 1. The highest BCUT2D eigenvalue weighted by Gasteiger charge is 2.53. The fourth-order valence-electron chi connectivity index (χ4n) is 5.67. The molecule has 6 nitrogen and oxygen atoms in total. The molecule has 4 atom stereocenters. The van der Waals surface area contributed by atoms with Gasteiger partial charge in [0.2, 0.25) is 12.2 Å². The lowest BCUT2D eigenvalue weighted by molar-refractivity contribution is -0.188. The Morgan fingerprint density at radius 3 is 2.77 bits per heavy atom. The number of hydrogen-bond donors (Lipinski definition) is 0. The van der Waals surface area contributed by atoms with Crippen molar-refractivity contribution in [3.8, 4) is 5.75 Å². The Balaban J connectivity index is 1.61. The summed E-state index contributed by atoms with van der Waals surface area (Å²) in [6, 6.07) is 6.06. The second-order valence-corrected chi connectivity index (χ2v) is 8.55. The van der Waals surface area contributed by atoms with Gasteiger partial charge < -0.3 is 19.1 Å². The van der Waals surface area contributed by atoms with Gasteiger partial charge in [0.15, 0.2) is 0 Å². The molecule has 0 spiro atoms. The highest BCUT2D eigenvalue weighted by Crippen LogP contribution is 2.50. The molecule has 164 valence electrons. The molecule has 1 aromatic heterocycles. The predicted molar refractivity (Wildman–Crippen MR) is 117 cm³/mol. The maximum absolute atomic E-state index is 13.7. The Morgan fingerprint density at radius 1 is 1.23 bits per heavy atom. The molecule has 1 fully saturated rings. The Kier molecular flexibility index (Phi) is 5.13. The van der Waals surface area contributed by atoms with Crippen LogP contribution in [0.4, 0.5) is 0 Å². The maximum Gasteiger partial charge on any atom is 0.233 e. The summed E-state index contributed by atoms with van der Waals surface area (Å²) in [5.41, 5.74) is 5.71. The number of ether oxygens (including phenoxy) is 3. The number of aryl methyl sites for hydroxylation is 1. The van der Waals surface area contributed by atoms with E-state index in [-0.39, 0.29) is 23.8 Å². The highest BCUT2D eigenvalue weighted by molar-refractivity contribution is 5.87. The van der Waals surface area contributed by atoms with Gasteiger partial charge in [0.1, 0.15) is 11.7 Å². The Morgan fingerprint density at radius 2 is 2.06 bits per heavy atom. The minimum atomic E-state index is -0.510. The average Bonchev–Trinajstić information content (AvgIpc) is 3.16. The minimum absolute atomic E-state index is 0.0101. The fourth-order valence-corrected chi connectivity index (χ4v) is 5.67. The molecule has 3 aliphatic rings. The van der Waals surface area contributed by atoms with Gasteiger partial charge in [-0.05, 0) is 61.1 Å². The standard InChI is InChI=1S/C25H30N2O4/c1-5-14-13-31-25(30-7-3)22-17(14)11-21-23-19(12-27(21)24(22)28)16(6-2)18-10-15(29-4)8-9-20(18)26-23/h8-10,13,17,21-22,25H,5-7,11-12H2,1-4H3/t17-,21-,22-,25+/m0/s1. The number of benzene rings is 1. The van der Waals surface area contributed by atoms with Gasteiger partial charge in [0.05, 0.1) is 30.6 Å². The first kappa shape index (κ1) is 20.3. The fraction of sp³-hybridized carbons (Fsp3) is 0.520. The van der Waals surface area contributed by atoms with Crippen LogP contribution in [0.15, 0.2) is 30.0 Å². The number of piperidine rings is 1. The number of hydrogen-bond acceptors (Lipinski definition) is 5. The quantitative estimate of drug-likeness (QED) is 0.709. The van der Waals surface area contributed by atoms with Gasteiger partial charge in [-0.2, -0.15) is 0 Å². The summed E-state index contributed by atoms with van der Waals surface area (Å²) in [5, 5.41) is 1.12. The molecule has 6 heteroatoms. The third-order valence-corrected chi connectivity index (χ3v) is 7.16. The first-order valence-corrected chi connectivity index (χ1v) is 11.4. The van der Waals surface area contributed by atoms with Crippen molar-refractivity contribution in [1.29, 1.82) is 0 Å². The van der Waals surface area contributed by atoms with Crippen LogP contribution in [0.2, 0.25) is 0 Å². The van der Waals surface area contributed by atoms with Gasteiger partial charge in [-0.3, -0.25) is 9.78 Å². The van der Waals surface area contributed by atoms with Crippen LogP contribution in [0.3, 0.4) is 0 Å². The molecule has 2 aromatic rings. The van der Waals surface area contributed by atoms with Crippen LogP contribution in [-0.4, -0.2) is 35.8 Å². The molecular weight excluding hydrogens is 392 g/mol. The van der Waals surface area contributed by atoms with Crippen LogP contribution in [0, 0.1) is 11.8 Å². The van der Waals surface area contributed by atoms with E-state index in [0.717, 1.165) is 41.6 Å². The van der Waals surface area contributed by atoms with Crippen LogP contribution in [0.5, 0.6) is 5.75 Å². The summed E-state index contributed by atoms with van der Waals surface area (Å²) in [6.07, 6.45) is 3.95. The molecule has 1 saturated heterocycles. The third-order valence-electron chi connectivity index (χ3n) is 7.16. The summed E-state index contributed by atoms with van der Waals surface area (Å²) in [7, 11) is 1.68. The summed E-state index contributed by atoms with van der Waals surface area (Å²) in [6.45, 7) is 7.37. The SMILES string of the molecule is CCO[C@@H]1OC=C(CC)[C@@H]2C[C@H]3c4nc5ccc(OC)cc5c(CC)c4CN3C(=O)[C@@H]12. The van der Waals surface area contributed by atoms with E-state index in [4.69, 9.17) is 19.2 Å². The smallest absolute Gasteiger partial charge is 0.233 e. The molecule has 0 unspecified atom stereocenters. The molecule has 0 saturated carbocycles. The van der Waals surface area contributed by atoms with Crippen molar-refractivity contribution in [1.82, 2.24) is 9.88 Å². The Labute approximate surface area is 183 Å². The lowest BCUT2D eigenvalue weighted by atomic mass is 9.74. The summed E-state index contributed by atoms with van der Waals surface area (Å²) < 4.78 is 17.1. The maximum atomic E-state index is 13.7. The van der Waals surface area contributed by atoms with Crippen LogP contribution in [0.1, 0.15) is 56.5 Å². The molecule has 0 radical (unpaired) electrons. The first-order chi connectivity index (χ1) is 15.1. The first-order valence-electron chi connectivity index (χ1n) is 11.4. The zero-order valence-corrected chi connectivity index (χ0v) is 18.7. The second kappa shape index (κ2) is 7.83. The van der Waals surface area contributed by atoms with E-state index in [1.54, 1.807) is 7.11 Å². The van der Waals surface area contributed by atoms with Gasteiger partial charge >= 0.3 is 0 Å². The molecule has 0 bridgehead atoms. The Bertz CT molecular complexity index is 1060. The van der Waals surface area contributed by atoms with Crippen LogP contribution >= 0.6 is 0 Å². The van der Waals surface area contributed by atoms with Gasteiger partial charge in [-0.1, -0.05) is 13.8 Å². The van der Waals surface area contributed by atoms with Crippen LogP contribution in [-0.2, 0) is 27.2 Å². The molecule has 1 aromatic carbocycles. The molecule has 1 amide bonds. The summed E-state index contributed by atoms with van der Waals surface area (Å²) in [4.78, 5) is 20.8. The zero-order valence-electron chi connectivity index (χ0n) is 18.7. The van der Waals surface area contributed by atoms with Crippen molar-refractivity contribution >= 4 is 16.8 Å². The zero-order chi connectivity index (χ0) is 21.7. The van der Waals surface area contributed by atoms with Gasteiger partial charge in [0, 0.05) is 24.5 Å². The number of nitrogens with zero attached hydrogens (tertiary/aromatic N) is 2. The summed E-state index contributed by atoms with van der Waals surface area (Å²) in [5.74, 6) is 0.801. The average molecular weight is 423 g/mol. The monoisotopic (exact) mass is 422 g/mol. The number of aromatic nitrogens is 1. The van der Waals surface area contributed by atoms with E-state index in [1.165, 1.54) is 16.7 Å². The van der Waals surface area contributed by atoms with E-state index < -0.39 is 6.29 Å². The van der Waals surface area contributed by atoms with E-state index >= 15 is 0 Å².